The molecule has 1 rings (SSSR count). The molecule has 0 aliphatic rings. The van der Waals surface area contributed by atoms with Crippen molar-refractivity contribution in [3.63, 3.8) is 0 Å². The minimum Gasteiger partial charge on any atom is -0.550 e. The van der Waals surface area contributed by atoms with Crippen molar-refractivity contribution in [1.82, 2.24) is 4.72 Å². The van der Waals surface area contributed by atoms with Gasteiger partial charge in [0.1, 0.15) is 16.4 Å². The number of carbonyl (C=O) groups excluding carboxylic acids is 1. The highest BCUT2D eigenvalue weighted by molar-refractivity contribution is 7.89. The monoisotopic (exact) mass is 288 g/mol. The van der Waals surface area contributed by atoms with Crippen molar-refractivity contribution in [2.24, 2.45) is 0 Å². The molecule has 0 fully saturated rings. The summed E-state index contributed by atoms with van der Waals surface area (Å²) in [4.78, 5) is 10.1. The largest absolute Gasteiger partial charge is 0.550 e. The number of carbonyl (C=O) groups is 1. The number of carboxylic acids is 1. The van der Waals surface area contributed by atoms with Gasteiger partial charge in [-0.3, -0.25) is 0 Å². The first-order valence-corrected chi connectivity index (χ1v) is 6.80. The molecule has 0 aliphatic heterocycles. The molecule has 19 heavy (non-hydrogen) atoms. The zero-order chi connectivity index (χ0) is 14.5. The van der Waals surface area contributed by atoms with Gasteiger partial charge in [0.15, 0.2) is 0 Å². The molecular weight excluding hydrogens is 274 g/mol. The maximum atomic E-state index is 12.0. The van der Waals surface area contributed by atoms with E-state index in [-0.39, 0.29) is 17.2 Å². The molecule has 1 aromatic carbocycles. The number of rotatable bonds is 7. The third-order valence-electron chi connectivity index (χ3n) is 2.28. The Morgan fingerprint density at radius 2 is 2.00 bits per heavy atom. The van der Waals surface area contributed by atoms with Crippen molar-refractivity contribution in [2.45, 2.75) is 11.3 Å². The van der Waals surface area contributed by atoms with Crippen LogP contribution in [-0.4, -0.2) is 35.2 Å². The Morgan fingerprint density at radius 1 is 1.32 bits per heavy atom. The fourth-order valence-electron chi connectivity index (χ4n) is 1.36. The molecule has 0 radical (unpaired) electrons. The van der Waals surface area contributed by atoms with Crippen LogP contribution in [0.4, 0.5) is 0 Å². The third-order valence-corrected chi connectivity index (χ3v) is 3.76. The maximum Gasteiger partial charge on any atom is 0.244 e. The number of hydrogen-bond acceptors (Lipinski definition) is 6. The third kappa shape index (κ3) is 4.11. The van der Waals surface area contributed by atoms with Gasteiger partial charge in [0, 0.05) is 25.0 Å². The van der Waals surface area contributed by atoms with E-state index in [2.05, 4.69) is 4.72 Å². The van der Waals surface area contributed by atoms with Gasteiger partial charge < -0.3 is 19.4 Å². The lowest BCUT2D eigenvalue weighted by atomic mass is 10.3. The van der Waals surface area contributed by atoms with Crippen molar-refractivity contribution in [3.8, 4) is 11.5 Å². The topological polar surface area (TPSA) is 105 Å². The first-order chi connectivity index (χ1) is 8.90. The Bertz CT molecular complexity index is 554. The van der Waals surface area contributed by atoms with Gasteiger partial charge in [-0.1, -0.05) is 0 Å². The van der Waals surface area contributed by atoms with Crippen molar-refractivity contribution < 1.29 is 27.8 Å². The van der Waals surface area contributed by atoms with Crippen molar-refractivity contribution >= 4 is 16.0 Å². The van der Waals surface area contributed by atoms with Gasteiger partial charge in [-0.05, 0) is 12.1 Å². The summed E-state index contributed by atoms with van der Waals surface area (Å²) in [6.07, 6.45) is -0.411. The number of nitrogens with one attached hydrogen (secondary N) is 1. The van der Waals surface area contributed by atoms with Crippen molar-refractivity contribution in [3.05, 3.63) is 18.2 Å². The zero-order valence-corrected chi connectivity index (χ0v) is 11.3. The number of hydrogen-bond donors (Lipinski definition) is 1. The summed E-state index contributed by atoms with van der Waals surface area (Å²) in [5.41, 5.74) is 0. The average molecular weight is 288 g/mol. The fourth-order valence-corrected chi connectivity index (χ4v) is 2.57. The van der Waals surface area contributed by atoms with Gasteiger partial charge in [0.05, 0.1) is 14.2 Å². The van der Waals surface area contributed by atoms with Crippen LogP contribution in [0.2, 0.25) is 0 Å². The van der Waals surface area contributed by atoms with Gasteiger partial charge in [-0.15, -0.1) is 0 Å². The minimum absolute atomic E-state index is 0.118. The zero-order valence-electron chi connectivity index (χ0n) is 10.5. The van der Waals surface area contributed by atoms with Crippen LogP contribution in [0.15, 0.2) is 23.1 Å². The Hall–Kier alpha value is -1.80. The molecule has 0 heterocycles. The molecule has 0 saturated heterocycles. The standard InChI is InChI=1S/C11H15NO6S/c1-17-8-3-4-9(18-2)10(7-8)19(15,16)12-6-5-11(13)14/h3-4,7,12H,5-6H2,1-2H3,(H,13,14)/p-1. The normalized spacial score (nSPS) is 11.1. The smallest absolute Gasteiger partial charge is 0.244 e. The van der Waals surface area contributed by atoms with Crippen LogP contribution in [0.25, 0.3) is 0 Å². The Balaban J connectivity index is 3.01. The first-order valence-electron chi connectivity index (χ1n) is 5.32. The number of sulfonamides is 1. The summed E-state index contributed by atoms with van der Waals surface area (Å²) in [6.45, 7) is -0.259. The highest BCUT2D eigenvalue weighted by Crippen LogP contribution is 2.27. The molecule has 0 amide bonds. The number of methoxy groups -OCH3 is 2. The van der Waals surface area contributed by atoms with Crippen molar-refractivity contribution in [2.75, 3.05) is 20.8 Å². The lowest BCUT2D eigenvalue weighted by Gasteiger charge is -2.12. The van der Waals surface area contributed by atoms with Crippen LogP contribution < -0.4 is 19.3 Å². The van der Waals surface area contributed by atoms with Gasteiger partial charge in [0.2, 0.25) is 10.0 Å². The van der Waals surface area contributed by atoms with Crippen LogP contribution in [0, 0.1) is 0 Å². The first kappa shape index (κ1) is 15.3. The number of carboxylic acid groups (broad SMARTS) is 1. The molecule has 0 aromatic heterocycles. The SMILES string of the molecule is COc1ccc(OC)c(S(=O)(=O)NCCC(=O)[O-])c1. The number of aliphatic carboxylic acids is 1. The van der Waals surface area contributed by atoms with Crippen LogP contribution >= 0.6 is 0 Å². The molecule has 0 aliphatic carbocycles. The molecule has 0 spiro atoms. The van der Waals surface area contributed by atoms with E-state index in [0.717, 1.165) is 0 Å². The summed E-state index contributed by atoms with van der Waals surface area (Å²) >= 11 is 0. The van der Waals surface area contributed by atoms with Crippen LogP contribution in [0.1, 0.15) is 6.42 Å². The lowest BCUT2D eigenvalue weighted by Crippen LogP contribution is -2.31. The highest BCUT2D eigenvalue weighted by atomic mass is 32.2. The summed E-state index contributed by atoms with van der Waals surface area (Å²) in [7, 11) is -1.14. The number of ether oxygens (including phenoxy) is 2. The predicted molar refractivity (Wildman–Crippen MR) is 64.4 cm³/mol. The van der Waals surface area contributed by atoms with E-state index in [9.17, 15) is 18.3 Å². The summed E-state index contributed by atoms with van der Waals surface area (Å²) in [6, 6.07) is 4.30. The van der Waals surface area contributed by atoms with Crippen molar-refractivity contribution in [1.29, 1.82) is 0 Å². The summed E-state index contributed by atoms with van der Waals surface area (Å²) in [5.74, 6) is -0.844. The lowest BCUT2D eigenvalue weighted by molar-refractivity contribution is -0.305. The Kier molecular flexibility index (Phi) is 5.13. The van der Waals surface area contributed by atoms with Gasteiger partial charge >= 0.3 is 0 Å². The van der Waals surface area contributed by atoms with E-state index in [1.807, 2.05) is 0 Å². The van der Waals surface area contributed by atoms with E-state index in [1.54, 1.807) is 6.07 Å². The highest BCUT2D eigenvalue weighted by Gasteiger charge is 2.19. The van der Waals surface area contributed by atoms with Crippen LogP contribution in [0.3, 0.4) is 0 Å². The molecule has 0 bridgehead atoms. The molecule has 1 aromatic rings. The van der Waals surface area contributed by atoms with Gasteiger partial charge in [-0.2, -0.15) is 0 Å². The molecule has 0 saturated carbocycles. The average Bonchev–Trinajstić information content (AvgIpc) is 2.37. The molecule has 1 N–H and O–H groups in total. The molecule has 7 nitrogen and oxygen atoms in total. The van der Waals surface area contributed by atoms with Gasteiger partial charge in [0.25, 0.3) is 0 Å². The summed E-state index contributed by atoms with van der Waals surface area (Å²) in [5, 5.41) is 10.3. The predicted octanol–water partition coefficient (Wildman–Crippen LogP) is -0.878. The van der Waals surface area contributed by atoms with Gasteiger partial charge in [-0.25, -0.2) is 13.1 Å². The number of benzene rings is 1. The second-order valence-electron chi connectivity index (χ2n) is 3.54. The fraction of sp³-hybridized carbons (Fsp3) is 0.364. The molecule has 0 unspecified atom stereocenters. The second kappa shape index (κ2) is 6.39. The molecular formula is C11H14NO6S-. The van der Waals surface area contributed by atoms with Crippen LogP contribution in [0.5, 0.6) is 11.5 Å². The van der Waals surface area contributed by atoms with E-state index in [4.69, 9.17) is 9.47 Å². The molecule has 8 heteroatoms. The molecule has 0 atom stereocenters. The maximum absolute atomic E-state index is 12.0. The Labute approximate surface area is 111 Å². The van der Waals surface area contributed by atoms with Crippen LogP contribution in [-0.2, 0) is 14.8 Å². The van der Waals surface area contributed by atoms with E-state index < -0.39 is 22.4 Å². The quantitative estimate of drug-likeness (QED) is 0.698. The minimum atomic E-state index is -3.88. The van der Waals surface area contributed by atoms with E-state index in [1.165, 1.54) is 26.4 Å². The Morgan fingerprint density at radius 3 is 2.53 bits per heavy atom. The summed E-state index contributed by atoms with van der Waals surface area (Å²) < 4.78 is 36.0. The second-order valence-corrected chi connectivity index (χ2v) is 5.27. The molecule has 106 valence electrons. The van der Waals surface area contributed by atoms with E-state index >= 15 is 0 Å². The van der Waals surface area contributed by atoms with E-state index in [0.29, 0.717) is 5.75 Å².